The van der Waals surface area contributed by atoms with Crippen LogP contribution < -0.4 is 16.0 Å². The maximum absolute atomic E-state index is 12.1. The van der Waals surface area contributed by atoms with Gasteiger partial charge in [0.1, 0.15) is 17.5 Å². The van der Waals surface area contributed by atoms with Crippen LogP contribution >= 0.6 is 0 Å². The minimum Gasteiger partial charge on any atom is -0.383 e. The molecule has 4 rings (SSSR count). The Morgan fingerprint density at radius 2 is 2.27 bits per heavy atom. The summed E-state index contributed by atoms with van der Waals surface area (Å²) in [7, 11) is 0. The van der Waals surface area contributed by atoms with Gasteiger partial charge in [-0.1, -0.05) is 0 Å². The molecule has 2 aromatic heterocycles. The second-order valence-electron chi connectivity index (χ2n) is 6.87. The van der Waals surface area contributed by atoms with E-state index >= 15 is 0 Å². The van der Waals surface area contributed by atoms with Crippen LogP contribution in [0.1, 0.15) is 26.2 Å². The maximum Gasteiger partial charge on any atom is 0.230 e. The van der Waals surface area contributed by atoms with Gasteiger partial charge in [0.2, 0.25) is 11.8 Å². The molecule has 0 spiro atoms. The van der Waals surface area contributed by atoms with Gasteiger partial charge in [-0.25, -0.2) is 9.97 Å². The number of pyridine rings is 2. The van der Waals surface area contributed by atoms with Crippen molar-refractivity contribution in [1.29, 1.82) is 5.26 Å². The van der Waals surface area contributed by atoms with Gasteiger partial charge in [0.25, 0.3) is 0 Å². The van der Waals surface area contributed by atoms with Crippen LogP contribution in [-0.4, -0.2) is 27.8 Å². The van der Waals surface area contributed by atoms with Crippen molar-refractivity contribution in [3.8, 4) is 6.07 Å². The van der Waals surface area contributed by atoms with E-state index in [1.165, 1.54) is 0 Å². The molecule has 2 aromatic rings. The molecule has 3 N–H and O–H groups in total. The zero-order chi connectivity index (χ0) is 18.4. The third kappa shape index (κ3) is 2.71. The second-order valence-corrected chi connectivity index (χ2v) is 6.87. The first-order valence-corrected chi connectivity index (χ1v) is 8.56. The molecule has 1 saturated carbocycles. The van der Waals surface area contributed by atoms with E-state index in [2.05, 4.69) is 21.4 Å². The molecular weight excluding hydrogens is 332 g/mol. The van der Waals surface area contributed by atoms with Gasteiger partial charge in [-0.3, -0.25) is 14.5 Å². The second kappa shape index (κ2) is 5.95. The first kappa shape index (κ1) is 16.3. The molecule has 3 atom stereocenters. The largest absolute Gasteiger partial charge is 0.383 e. The van der Waals surface area contributed by atoms with Crippen molar-refractivity contribution in [3.63, 3.8) is 0 Å². The zero-order valence-electron chi connectivity index (χ0n) is 14.3. The fraction of sp³-hybridized carbons (Fsp3) is 0.389. The van der Waals surface area contributed by atoms with Crippen LogP contribution in [0.2, 0.25) is 0 Å². The number of nitrogens with one attached hydrogen (secondary N) is 1. The van der Waals surface area contributed by atoms with Gasteiger partial charge in [0.15, 0.2) is 0 Å². The van der Waals surface area contributed by atoms with Gasteiger partial charge in [-0.05, 0) is 37.3 Å². The molecule has 132 valence electrons. The van der Waals surface area contributed by atoms with E-state index in [0.29, 0.717) is 35.7 Å². The summed E-state index contributed by atoms with van der Waals surface area (Å²) in [6.45, 7) is 1.98. The van der Waals surface area contributed by atoms with Crippen LogP contribution in [0.5, 0.6) is 0 Å². The average Bonchev–Trinajstić information content (AvgIpc) is 3.33. The van der Waals surface area contributed by atoms with Crippen molar-refractivity contribution in [2.75, 3.05) is 16.0 Å². The number of rotatable bonds is 3. The summed E-state index contributed by atoms with van der Waals surface area (Å²) in [6, 6.07) is 5.67. The quantitative estimate of drug-likeness (QED) is 0.870. The van der Waals surface area contributed by atoms with Crippen LogP contribution in [0, 0.1) is 23.2 Å². The van der Waals surface area contributed by atoms with Gasteiger partial charge >= 0.3 is 0 Å². The van der Waals surface area contributed by atoms with Crippen LogP contribution in [-0.2, 0) is 9.59 Å². The maximum atomic E-state index is 12.1. The molecule has 1 saturated heterocycles. The first-order valence-electron chi connectivity index (χ1n) is 8.56. The summed E-state index contributed by atoms with van der Waals surface area (Å²) in [5.41, 5.74) is 6.05. The highest BCUT2D eigenvalue weighted by Gasteiger charge is 2.43. The number of amides is 2. The predicted octanol–water partition coefficient (Wildman–Crippen LogP) is 1.83. The standard InChI is InChI=1S/C18H18N6O2/c1-9-2-3-16(25)24(9)15-6-10-5-14(21-8-13(10)17(20)23-15)22-18(26)12-4-11(12)7-19/h5-6,8-9,11-12H,2-4H2,1H3,(H2,20,23)(H,21,22,26)/t9-,11+,12-/m0/s1. The lowest BCUT2D eigenvalue weighted by Gasteiger charge is -2.21. The van der Waals surface area contributed by atoms with Gasteiger partial charge in [-0.2, -0.15) is 5.26 Å². The molecule has 0 radical (unpaired) electrons. The zero-order valence-corrected chi connectivity index (χ0v) is 14.3. The molecular formula is C18H18N6O2. The number of aromatic nitrogens is 2. The smallest absolute Gasteiger partial charge is 0.230 e. The first-order chi connectivity index (χ1) is 12.5. The number of fused-ring (bicyclic) bond motifs is 1. The summed E-state index contributed by atoms with van der Waals surface area (Å²) >= 11 is 0. The van der Waals surface area contributed by atoms with E-state index in [1.54, 1.807) is 23.2 Å². The average molecular weight is 350 g/mol. The Labute approximate surface area is 150 Å². The Kier molecular flexibility index (Phi) is 3.72. The Balaban J connectivity index is 1.65. The van der Waals surface area contributed by atoms with E-state index in [-0.39, 0.29) is 29.7 Å². The predicted molar refractivity (Wildman–Crippen MR) is 96.0 cm³/mol. The molecule has 1 aliphatic carbocycles. The number of nitrogen functional groups attached to an aromatic ring is 1. The highest BCUT2D eigenvalue weighted by molar-refractivity contribution is 6.01. The monoisotopic (exact) mass is 350 g/mol. The van der Waals surface area contributed by atoms with Gasteiger partial charge in [0, 0.05) is 24.0 Å². The van der Waals surface area contributed by atoms with Crippen LogP contribution in [0.3, 0.4) is 0 Å². The Bertz CT molecular complexity index is 966. The number of hydrogen-bond donors (Lipinski definition) is 2. The highest BCUT2D eigenvalue weighted by atomic mass is 16.2. The summed E-state index contributed by atoms with van der Waals surface area (Å²) < 4.78 is 0. The van der Waals surface area contributed by atoms with E-state index in [9.17, 15) is 9.59 Å². The van der Waals surface area contributed by atoms with Crippen LogP contribution in [0.4, 0.5) is 17.5 Å². The van der Waals surface area contributed by atoms with Crippen molar-refractivity contribution in [3.05, 3.63) is 18.3 Å². The van der Waals surface area contributed by atoms with E-state index in [4.69, 9.17) is 11.0 Å². The Morgan fingerprint density at radius 3 is 2.92 bits per heavy atom. The lowest BCUT2D eigenvalue weighted by atomic mass is 10.2. The van der Waals surface area contributed by atoms with Gasteiger partial charge in [-0.15, -0.1) is 0 Å². The number of carbonyl (C=O) groups is 2. The molecule has 8 heteroatoms. The lowest BCUT2D eigenvalue weighted by molar-refractivity contribution is -0.118. The van der Waals surface area contributed by atoms with E-state index < -0.39 is 0 Å². The fourth-order valence-corrected chi connectivity index (χ4v) is 3.38. The molecule has 1 aliphatic heterocycles. The van der Waals surface area contributed by atoms with Crippen molar-refractivity contribution in [2.45, 2.75) is 32.2 Å². The third-order valence-corrected chi connectivity index (χ3v) is 5.01. The molecule has 0 bridgehead atoms. The van der Waals surface area contributed by atoms with Gasteiger partial charge < -0.3 is 11.1 Å². The van der Waals surface area contributed by atoms with Crippen molar-refractivity contribution >= 4 is 40.0 Å². The Morgan fingerprint density at radius 1 is 1.46 bits per heavy atom. The normalized spacial score (nSPS) is 24.5. The van der Waals surface area contributed by atoms with Crippen molar-refractivity contribution < 1.29 is 9.59 Å². The number of nitrogens with zero attached hydrogens (tertiary/aromatic N) is 4. The van der Waals surface area contributed by atoms with E-state index in [0.717, 1.165) is 11.8 Å². The SMILES string of the molecule is C[C@H]1CCC(=O)N1c1cc2cc(NC(=O)[C@H]3C[C@@H]3C#N)ncc2c(N)n1. The molecule has 2 amide bonds. The fourth-order valence-electron chi connectivity index (χ4n) is 3.38. The molecule has 2 aliphatic rings. The van der Waals surface area contributed by atoms with Crippen LogP contribution in [0.15, 0.2) is 18.3 Å². The third-order valence-electron chi connectivity index (χ3n) is 5.01. The van der Waals surface area contributed by atoms with Gasteiger partial charge in [0.05, 0.1) is 17.9 Å². The molecule has 2 fully saturated rings. The van der Waals surface area contributed by atoms with E-state index in [1.807, 2.05) is 6.92 Å². The number of anilines is 3. The number of nitriles is 1. The topological polar surface area (TPSA) is 125 Å². The summed E-state index contributed by atoms with van der Waals surface area (Å²) in [6.07, 6.45) is 3.43. The number of nitrogens with two attached hydrogens (primary N) is 1. The molecule has 3 heterocycles. The Hall–Kier alpha value is -3.21. The van der Waals surface area contributed by atoms with Crippen LogP contribution in [0.25, 0.3) is 10.8 Å². The number of carbonyl (C=O) groups excluding carboxylic acids is 2. The minimum atomic E-state index is -0.265. The van der Waals surface area contributed by atoms with Crippen molar-refractivity contribution in [2.24, 2.45) is 11.8 Å². The van der Waals surface area contributed by atoms with Crippen molar-refractivity contribution in [1.82, 2.24) is 9.97 Å². The highest BCUT2D eigenvalue weighted by Crippen LogP contribution is 2.38. The molecule has 8 nitrogen and oxygen atoms in total. The molecule has 0 aromatic carbocycles. The summed E-state index contributed by atoms with van der Waals surface area (Å²) in [5.74, 6) is 0.560. The summed E-state index contributed by atoms with van der Waals surface area (Å²) in [5, 5.41) is 13.0. The molecule has 26 heavy (non-hydrogen) atoms. The minimum absolute atomic E-state index is 0.0302. The molecule has 0 unspecified atom stereocenters. The number of hydrogen-bond acceptors (Lipinski definition) is 6. The lowest BCUT2D eigenvalue weighted by Crippen LogP contribution is -2.31. The summed E-state index contributed by atoms with van der Waals surface area (Å²) in [4.78, 5) is 34.5.